The molecule has 28 heavy (non-hydrogen) atoms. The maximum Gasteiger partial charge on any atom is 0.270 e. The standard InChI is InChI=1S/C23H28FN3O/c1-27-12-11-20-17(13-16-7-9-18(24)10-8-16)14-21(26-22(20)15-27)23(28)25-19-5-3-2-4-6-19/h7-10,14,19H,2-6,11-13,15H2,1H3,(H,25,28). The largest absolute Gasteiger partial charge is 0.348 e. The predicted octanol–water partition coefficient (Wildman–Crippen LogP) is 3.86. The molecule has 0 spiro atoms. The molecule has 1 aromatic heterocycles. The van der Waals surface area contributed by atoms with E-state index in [1.165, 1.54) is 37.0 Å². The maximum atomic E-state index is 13.3. The van der Waals surface area contributed by atoms with Crippen molar-refractivity contribution in [2.75, 3.05) is 13.6 Å². The minimum atomic E-state index is -0.227. The lowest BCUT2D eigenvalue weighted by molar-refractivity contribution is 0.0922. The molecular weight excluding hydrogens is 353 g/mol. The van der Waals surface area contributed by atoms with Gasteiger partial charge in [-0.2, -0.15) is 0 Å². The molecule has 1 fully saturated rings. The maximum absolute atomic E-state index is 13.3. The molecule has 4 nitrogen and oxygen atoms in total. The lowest BCUT2D eigenvalue weighted by Gasteiger charge is -2.27. The summed E-state index contributed by atoms with van der Waals surface area (Å²) in [6, 6.07) is 8.84. The first-order chi connectivity index (χ1) is 13.6. The first-order valence-corrected chi connectivity index (χ1v) is 10.3. The van der Waals surface area contributed by atoms with Gasteiger partial charge in [-0.1, -0.05) is 31.4 Å². The van der Waals surface area contributed by atoms with Gasteiger partial charge >= 0.3 is 0 Å². The number of rotatable bonds is 4. The molecule has 0 saturated heterocycles. The van der Waals surface area contributed by atoms with Crippen LogP contribution in [0.4, 0.5) is 4.39 Å². The summed E-state index contributed by atoms with van der Waals surface area (Å²) < 4.78 is 13.3. The average Bonchev–Trinajstić information content (AvgIpc) is 2.70. The molecule has 4 rings (SSSR count). The number of carbonyl (C=O) groups is 1. The van der Waals surface area contributed by atoms with Crippen molar-refractivity contribution in [3.05, 3.63) is 64.2 Å². The molecule has 1 amide bonds. The Morgan fingerprint density at radius 1 is 1.21 bits per heavy atom. The number of hydrogen-bond donors (Lipinski definition) is 1. The number of halogens is 1. The monoisotopic (exact) mass is 381 g/mol. The first-order valence-electron chi connectivity index (χ1n) is 10.3. The third kappa shape index (κ3) is 4.41. The molecule has 1 aliphatic carbocycles. The summed E-state index contributed by atoms with van der Waals surface area (Å²) in [5, 5.41) is 3.19. The molecule has 1 aliphatic heterocycles. The van der Waals surface area contributed by atoms with Gasteiger partial charge in [-0.05, 0) is 67.6 Å². The lowest BCUT2D eigenvalue weighted by atomic mass is 9.93. The number of aromatic nitrogens is 1. The van der Waals surface area contributed by atoms with Gasteiger partial charge in [0.25, 0.3) is 5.91 Å². The van der Waals surface area contributed by atoms with E-state index >= 15 is 0 Å². The zero-order valence-corrected chi connectivity index (χ0v) is 16.5. The van der Waals surface area contributed by atoms with Crippen LogP contribution in [-0.2, 0) is 19.4 Å². The summed E-state index contributed by atoms with van der Waals surface area (Å²) in [6.07, 6.45) is 7.37. The molecule has 1 saturated carbocycles. The zero-order chi connectivity index (χ0) is 19.5. The second kappa shape index (κ2) is 8.39. The third-order valence-electron chi connectivity index (χ3n) is 5.95. The second-order valence-corrected chi connectivity index (χ2v) is 8.19. The molecular formula is C23H28FN3O. The van der Waals surface area contributed by atoms with Crippen molar-refractivity contribution >= 4 is 5.91 Å². The van der Waals surface area contributed by atoms with Crippen molar-refractivity contribution in [2.24, 2.45) is 0 Å². The van der Waals surface area contributed by atoms with E-state index < -0.39 is 0 Å². The Kier molecular flexibility index (Phi) is 5.72. The SMILES string of the molecule is CN1CCc2c(Cc3ccc(F)cc3)cc(C(=O)NC3CCCCC3)nc2C1. The van der Waals surface area contributed by atoms with Gasteiger partial charge in [-0.25, -0.2) is 9.37 Å². The highest BCUT2D eigenvalue weighted by atomic mass is 19.1. The van der Waals surface area contributed by atoms with E-state index in [0.29, 0.717) is 12.1 Å². The van der Waals surface area contributed by atoms with E-state index in [9.17, 15) is 9.18 Å². The Hall–Kier alpha value is -2.27. The van der Waals surface area contributed by atoms with E-state index in [4.69, 9.17) is 4.98 Å². The summed E-state index contributed by atoms with van der Waals surface area (Å²) in [5.41, 5.74) is 4.95. The Morgan fingerprint density at radius 2 is 1.96 bits per heavy atom. The Labute approximate surface area is 166 Å². The highest BCUT2D eigenvalue weighted by Gasteiger charge is 2.23. The minimum Gasteiger partial charge on any atom is -0.348 e. The van der Waals surface area contributed by atoms with Crippen molar-refractivity contribution in [1.82, 2.24) is 15.2 Å². The van der Waals surface area contributed by atoms with Crippen LogP contribution in [0.2, 0.25) is 0 Å². The van der Waals surface area contributed by atoms with Gasteiger partial charge in [-0.3, -0.25) is 4.79 Å². The number of benzene rings is 1. The van der Waals surface area contributed by atoms with Crippen molar-refractivity contribution in [3.8, 4) is 0 Å². The molecule has 5 heteroatoms. The lowest BCUT2D eigenvalue weighted by Crippen LogP contribution is -2.37. The summed E-state index contributed by atoms with van der Waals surface area (Å²) in [4.78, 5) is 19.9. The zero-order valence-electron chi connectivity index (χ0n) is 16.5. The van der Waals surface area contributed by atoms with E-state index in [-0.39, 0.29) is 17.8 Å². The number of pyridine rings is 1. The molecule has 2 heterocycles. The van der Waals surface area contributed by atoms with Crippen LogP contribution in [0.15, 0.2) is 30.3 Å². The fourth-order valence-corrected chi connectivity index (χ4v) is 4.36. The third-order valence-corrected chi connectivity index (χ3v) is 5.95. The van der Waals surface area contributed by atoms with E-state index in [1.807, 2.05) is 18.2 Å². The number of likely N-dealkylation sites (N-methyl/N-ethyl adjacent to an activating group) is 1. The van der Waals surface area contributed by atoms with Crippen molar-refractivity contribution < 1.29 is 9.18 Å². The number of nitrogens with zero attached hydrogens (tertiary/aromatic N) is 2. The minimum absolute atomic E-state index is 0.0664. The van der Waals surface area contributed by atoms with Gasteiger partial charge in [0.05, 0.1) is 5.69 Å². The quantitative estimate of drug-likeness (QED) is 0.875. The fourth-order valence-electron chi connectivity index (χ4n) is 4.36. The predicted molar refractivity (Wildman–Crippen MR) is 108 cm³/mol. The molecule has 1 aromatic carbocycles. The van der Waals surface area contributed by atoms with Crippen molar-refractivity contribution in [2.45, 2.75) is 57.5 Å². The molecule has 0 bridgehead atoms. The highest BCUT2D eigenvalue weighted by Crippen LogP contribution is 2.25. The van der Waals surface area contributed by atoms with Crippen LogP contribution in [0.1, 0.15) is 65.0 Å². The topological polar surface area (TPSA) is 45.2 Å². The van der Waals surface area contributed by atoms with E-state index in [2.05, 4.69) is 17.3 Å². The number of amides is 1. The number of nitrogens with one attached hydrogen (secondary N) is 1. The Balaban J connectivity index is 1.62. The number of carbonyl (C=O) groups excluding carboxylic acids is 1. The Bertz CT molecular complexity index is 844. The van der Waals surface area contributed by atoms with Crippen molar-refractivity contribution in [3.63, 3.8) is 0 Å². The first kappa shape index (κ1) is 19.1. The van der Waals surface area contributed by atoms with Crippen LogP contribution in [-0.4, -0.2) is 35.4 Å². The van der Waals surface area contributed by atoms with Crippen LogP contribution < -0.4 is 5.32 Å². The van der Waals surface area contributed by atoms with E-state index in [0.717, 1.165) is 49.2 Å². The summed E-state index contributed by atoms with van der Waals surface area (Å²) in [6.45, 7) is 1.75. The average molecular weight is 381 g/mol. The van der Waals surface area contributed by atoms with Gasteiger partial charge in [0.1, 0.15) is 11.5 Å². The highest BCUT2D eigenvalue weighted by molar-refractivity contribution is 5.92. The second-order valence-electron chi connectivity index (χ2n) is 8.19. The van der Waals surface area contributed by atoms with Crippen LogP contribution in [0.5, 0.6) is 0 Å². The number of fused-ring (bicyclic) bond motifs is 1. The molecule has 0 radical (unpaired) electrons. The van der Waals surface area contributed by atoms with Crippen LogP contribution in [0.3, 0.4) is 0 Å². The van der Waals surface area contributed by atoms with Crippen LogP contribution in [0, 0.1) is 5.82 Å². The number of hydrogen-bond acceptors (Lipinski definition) is 3. The van der Waals surface area contributed by atoms with Gasteiger partial charge in [0, 0.05) is 19.1 Å². The summed E-state index contributed by atoms with van der Waals surface area (Å²) in [5.74, 6) is -0.294. The molecule has 0 unspecified atom stereocenters. The molecule has 0 atom stereocenters. The van der Waals surface area contributed by atoms with Gasteiger partial charge in [0.15, 0.2) is 0 Å². The fraction of sp³-hybridized carbons (Fsp3) is 0.478. The molecule has 2 aromatic rings. The Morgan fingerprint density at radius 3 is 2.71 bits per heavy atom. The normalized spacial score (nSPS) is 17.9. The van der Waals surface area contributed by atoms with Crippen molar-refractivity contribution in [1.29, 1.82) is 0 Å². The molecule has 1 N–H and O–H groups in total. The smallest absolute Gasteiger partial charge is 0.270 e. The van der Waals surface area contributed by atoms with Gasteiger partial charge < -0.3 is 10.2 Å². The van der Waals surface area contributed by atoms with Crippen LogP contribution in [0.25, 0.3) is 0 Å². The van der Waals surface area contributed by atoms with E-state index in [1.54, 1.807) is 0 Å². The van der Waals surface area contributed by atoms with Crippen LogP contribution >= 0.6 is 0 Å². The summed E-state index contributed by atoms with van der Waals surface area (Å²) in [7, 11) is 2.08. The molecule has 148 valence electrons. The summed E-state index contributed by atoms with van der Waals surface area (Å²) >= 11 is 0. The molecule has 2 aliphatic rings. The van der Waals surface area contributed by atoms with Gasteiger partial charge in [-0.15, -0.1) is 0 Å². The van der Waals surface area contributed by atoms with Gasteiger partial charge in [0.2, 0.25) is 0 Å².